The van der Waals surface area contributed by atoms with E-state index >= 15 is 0 Å². The number of hydrogen-bond donors (Lipinski definition) is 0. The quantitative estimate of drug-likeness (QED) is 0.720. The van der Waals surface area contributed by atoms with E-state index in [2.05, 4.69) is 48.2 Å². The number of aromatic nitrogens is 5. The molecule has 0 spiro atoms. The van der Waals surface area contributed by atoms with Crippen molar-refractivity contribution in [3.8, 4) is 0 Å². The number of aryl methyl sites for hydroxylation is 1. The van der Waals surface area contributed by atoms with E-state index in [1.807, 2.05) is 10.0 Å². The van der Waals surface area contributed by atoms with Crippen molar-refractivity contribution in [3.63, 3.8) is 0 Å². The Morgan fingerprint density at radius 3 is 2.92 bits per heavy atom. The molecule has 1 fully saturated rings. The molecule has 1 aliphatic heterocycles. The second-order valence-electron chi connectivity index (χ2n) is 6.03. The van der Waals surface area contributed by atoms with Crippen LogP contribution in [0.4, 0.5) is 5.82 Å². The van der Waals surface area contributed by atoms with Crippen LogP contribution in [-0.2, 0) is 13.0 Å². The zero-order valence-electron chi connectivity index (χ0n) is 13.8. The van der Waals surface area contributed by atoms with Gasteiger partial charge in [-0.05, 0) is 12.8 Å². The molecule has 126 valence electrons. The zero-order chi connectivity index (χ0) is 16.4. The van der Waals surface area contributed by atoms with Gasteiger partial charge in [0.2, 0.25) is 0 Å². The monoisotopic (exact) mass is 343 g/mol. The van der Waals surface area contributed by atoms with Gasteiger partial charge in [-0.3, -0.25) is 4.90 Å². The average Bonchev–Trinajstić information content (AvgIpc) is 3.22. The fourth-order valence-electron chi connectivity index (χ4n) is 3.15. The fraction of sp³-hybridized carbons (Fsp3) is 0.500. The molecule has 1 aliphatic rings. The SMILES string of the molecule is CCc1cc(N2CCCN(Cc3cscn3)CC2)n2ncnc2n1. The van der Waals surface area contributed by atoms with Gasteiger partial charge in [-0.15, -0.1) is 11.3 Å². The van der Waals surface area contributed by atoms with Crippen molar-refractivity contribution in [1.82, 2.24) is 29.5 Å². The van der Waals surface area contributed by atoms with Crippen LogP contribution < -0.4 is 4.90 Å². The summed E-state index contributed by atoms with van der Waals surface area (Å²) in [5.41, 5.74) is 4.14. The Bertz CT molecular complexity index is 798. The normalized spacial score (nSPS) is 16.6. The second kappa shape index (κ2) is 6.82. The molecule has 0 radical (unpaired) electrons. The minimum atomic E-state index is 0.688. The molecule has 3 aromatic rings. The van der Waals surface area contributed by atoms with Crippen LogP contribution in [0.15, 0.2) is 23.3 Å². The molecule has 0 unspecified atom stereocenters. The Morgan fingerprint density at radius 1 is 1.12 bits per heavy atom. The summed E-state index contributed by atoms with van der Waals surface area (Å²) in [6.45, 7) is 7.18. The molecule has 4 heterocycles. The van der Waals surface area contributed by atoms with Crippen LogP contribution in [0.25, 0.3) is 5.78 Å². The third-order valence-electron chi connectivity index (χ3n) is 4.43. The van der Waals surface area contributed by atoms with E-state index in [0.717, 1.165) is 57.1 Å². The molecule has 0 atom stereocenters. The lowest BCUT2D eigenvalue weighted by molar-refractivity contribution is 0.282. The highest BCUT2D eigenvalue weighted by atomic mass is 32.1. The predicted molar refractivity (Wildman–Crippen MR) is 94.4 cm³/mol. The maximum Gasteiger partial charge on any atom is 0.254 e. The molecule has 0 bridgehead atoms. The van der Waals surface area contributed by atoms with Gasteiger partial charge in [0.05, 0.1) is 11.2 Å². The van der Waals surface area contributed by atoms with Crippen LogP contribution in [-0.4, -0.2) is 55.6 Å². The second-order valence-corrected chi connectivity index (χ2v) is 6.75. The average molecular weight is 343 g/mol. The highest BCUT2D eigenvalue weighted by Crippen LogP contribution is 2.19. The number of fused-ring (bicyclic) bond motifs is 1. The summed E-state index contributed by atoms with van der Waals surface area (Å²) < 4.78 is 1.86. The summed E-state index contributed by atoms with van der Waals surface area (Å²) in [5.74, 6) is 1.79. The van der Waals surface area contributed by atoms with Crippen LogP contribution in [0.2, 0.25) is 0 Å². The maximum atomic E-state index is 4.54. The van der Waals surface area contributed by atoms with Gasteiger partial charge in [0, 0.05) is 49.9 Å². The van der Waals surface area contributed by atoms with E-state index in [0.29, 0.717) is 5.78 Å². The Hall–Kier alpha value is -2.06. The first-order valence-corrected chi connectivity index (χ1v) is 9.32. The number of rotatable bonds is 4. The third-order valence-corrected chi connectivity index (χ3v) is 5.07. The Morgan fingerprint density at radius 2 is 2.08 bits per heavy atom. The molecule has 8 heteroatoms. The first-order valence-electron chi connectivity index (χ1n) is 8.37. The highest BCUT2D eigenvalue weighted by Gasteiger charge is 2.19. The van der Waals surface area contributed by atoms with Crippen molar-refractivity contribution in [3.05, 3.63) is 34.7 Å². The van der Waals surface area contributed by atoms with Gasteiger partial charge >= 0.3 is 0 Å². The van der Waals surface area contributed by atoms with E-state index in [9.17, 15) is 0 Å². The largest absolute Gasteiger partial charge is 0.355 e. The molecule has 0 amide bonds. The first kappa shape index (κ1) is 15.5. The summed E-state index contributed by atoms with van der Waals surface area (Å²) in [7, 11) is 0. The van der Waals surface area contributed by atoms with Crippen molar-refractivity contribution >= 4 is 22.9 Å². The summed E-state index contributed by atoms with van der Waals surface area (Å²) in [6, 6.07) is 2.15. The molecular formula is C16H21N7S. The molecule has 0 aliphatic carbocycles. The van der Waals surface area contributed by atoms with Crippen LogP contribution in [0, 0.1) is 0 Å². The molecule has 0 aromatic carbocycles. The van der Waals surface area contributed by atoms with Gasteiger partial charge in [0.25, 0.3) is 5.78 Å². The van der Waals surface area contributed by atoms with Gasteiger partial charge < -0.3 is 4.90 Å². The van der Waals surface area contributed by atoms with Crippen molar-refractivity contribution < 1.29 is 0 Å². The van der Waals surface area contributed by atoms with Crippen molar-refractivity contribution in [2.75, 3.05) is 31.1 Å². The summed E-state index contributed by atoms with van der Waals surface area (Å²) in [5, 5.41) is 6.50. The van der Waals surface area contributed by atoms with Crippen molar-refractivity contribution in [2.24, 2.45) is 0 Å². The molecule has 4 rings (SSSR count). The van der Waals surface area contributed by atoms with E-state index in [1.165, 1.54) is 5.69 Å². The lowest BCUT2D eigenvalue weighted by Gasteiger charge is -2.24. The lowest BCUT2D eigenvalue weighted by atomic mass is 10.3. The van der Waals surface area contributed by atoms with Crippen molar-refractivity contribution in [2.45, 2.75) is 26.3 Å². The van der Waals surface area contributed by atoms with Crippen LogP contribution in [0.5, 0.6) is 0 Å². The standard InChI is InChI=1S/C16H21N7S/c1-2-13-8-15(23-16(20-13)17-11-19-23)22-5-3-4-21(6-7-22)9-14-10-24-12-18-14/h8,10-12H,2-7,9H2,1H3. The molecular weight excluding hydrogens is 322 g/mol. The lowest BCUT2D eigenvalue weighted by Crippen LogP contribution is -2.31. The minimum Gasteiger partial charge on any atom is -0.355 e. The highest BCUT2D eigenvalue weighted by molar-refractivity contribution is 7.07. The van der Waals surface area contributed by atoms with Crippen LogP contribution in [0.3, 0.4) is 0 Å². The van der Waals surface area contributed by atoms with E-state index in [1.54, 1.807) is 17.7 Å². The molecule has 3 aromatic heterocycles. The number of thiazole rings is 1. The van der Waals surface area contributed by atoms with E-state index < -0.39 is 0 Å². The Balaban J connectivity index is 1.54. The Labute approximate surface area is 145 Å². The molecule has 24 heavy (non-hydrogen) atoms. The number of hydrogen-bond acceptors (Lipinski definition) is 7. The van der Waals surface area contributed by atoms with E-state index in [4.69, 9.17) is 0 Å². The number of nitrogens with zero attached hydrogens (tertiary/aromatic N) is 7. The summed E-state index contributed by atoms with van der Waals surface area (Å²) >= 11 is 1.66. The van der Waals surface area contributed by atoms with Gasteiger partial charge in [-0.2, -0.15) is 14.6 Å². The van der Waals surface area contributed by atoms with Gasteiger partial charge in [0.1, 0.15) is 12.1 Å². The van der Waals surface area contributed by atoms with Gasteiger partial charge in [0.15, 0.2) is 0 Å². The smallest absolute Gasteiger partial charge is 0.254 e. The predicted octanol–water partition coefficient (Wildman–Crippen LogP) is 1.86. The first-order chi connectivity index (χ1) is 11.8. The summed E-state index contributed by atoms with van der Waals surface area (Å²) in [6.07, 6.45) is 3.61. The topological polar surface area (TPSA) is 62.5 Å². The molecule has 7 nitrogen and oxygen atoms in total. The van der Waals surface area contributed by atoms with Gasteiger partial charge in [-0.1, -0.05) is 6.92 Å². The van der Waals surface area contributed by atoms with Crippen LogP contribution >= 0.6 is 11.3 Å². The maximum absolute atomic E-state index is 4.54. The fourth-order valence-corrected chi connectivity index (χ4v) is 3.70. The van der Waals surface area contributed by atoms with Crippen molar-refractivity contribution in [1.29, 1.82) is 0 Å². The summed E-state index contributed by atoms with van der Waals surface area (Å²) in [4.78, 5) is 18.1. The van der Waals surface area contributed by atoms with Gasteiger partial charge in [-0.25, -0.2) is 9.97 Å². The molecule has 0 N–H and O–H groups in total. The number of anilines is 1. The Kier molecular flexibility index (Phi) is 4.40. The molecule has 1 saturated heterocycles. The third kappa shape index (κ3) is 3.11. The minimum absolute atomic E-state index is 0.688. The van der Waals surface area contributed by atoms with E-state index in [-0.39, 0.29) is 0 Å². The van der Waals surface area contributed by atoms with Crippen LogP contribution in [0.1, 0.15) is 24.7 Å². The molecule has 0 saturated carbocycles. The zero-order valence-corrected chi connectivity index (χ0v) is 14.6.